The van der Waals surface area contributed by atoms with Crippen LogP contribution in [0.5, 0.6) is 0 Å². The van der Waals surface area contributed by atoms with E-state index in [9.17, 15) is 4.79 Å². The Morgan fingerprint density at radius 1 is 1.04 bits per heavy atom. The van der Waals surface area contributed by atoms with Crippen molar-refractivity contribution in [1.82, 2.24) is 4.90 Å². The van der Waals surface area contributed by atoms with Gasteiger partial charge in [-0.3, -0.25) is 0 Å². The Morgan fingerprint density at radius 3 is 2.57 bits per heavy atom. The summed E-state index contributed by atoms with van der Waals surface area (Å²) in [6.07, 6.45) is 0. The molecule has 4 heteroatoms. The van der Waals surface area contributed by atoms with Gasteiger partial charge in [-0.2, -0.15) is 0 Å². The minimum Gasteiger partial charge on any atom is -0.422 e. The smallest absolute Gasteiger partial charge is 0.344 e. The quantitative estimate of drug-likeness (QED) is 0.522. The monoisotopic (exact) mass is 325 g/mol. The first-order valence-electron chi connectivity index (χ1n) is 7.54. The molecule has 0 atom stereocenters. The number of hydrogen-bond donors (Lipinski definition) is 0. The maximum Gasteiger partial charge on any atom is 0.344 e. The van der Waals surface area contributed by atoms with Crippen molar-refractivity contribution in [3.8, 4) is 11.1 Å². The van der Waals surface area contributed by atoms with E-state index in [1.165, 1.54) is 0 Å². The Hall–Kier alpha value is -2.04. The first-order chi connectivity index (χ1) is 11.1. The fourth-order valence-corrected chi connectivity index (χ4v) is 3.39. The lowest BCUT2D eigenvalue weighted by Gasteiger charge is -2.09. The van der Waals surface area contributed by atoms with Gasteiger partial charge in [-0.15, -0.1) is 11.8 Å². The van der Waals surface area contributed by atoms with Gasteiger partial charge in [-0.1, -0.05) is 36.4 Å². The van der Waals surface area contributed by atoms with Gasteiger partial charge < -0.3 is 9.32 Å². The van der Waals surface area contributed by atoms with Crippen molar-refractivity contribution in [2.24, 2.45) is 0 Å². The Kier molecular flexibility index (Phi) is 4.84. The molecule has 3 nitrogen and oxygen atoms in total. The van der Waals surface area contributed by atoms with Crippen molar-refractivity contribution in [3.05, 3.63) is 65.0 Å². The first kappa shape index (κ1) is 15.8. The van der Waals surface area contributed by atoms with Gasteiger partial charge in [0.05, 0.1) is 5.56 Å². The molecule has 0 radical (unpaired) electrons. The van der Waals surface area contributed by atoms with E-state index < -0.39 is 0 Å². The number of nitrogens with zero attached hydrogens (tertiary/aromatic N) is 1. The number of rotatable bonds is 5. The fraction of sp³-hybridized carbons (Fsp3) is 0.211. The number of fused-ring (bicyclic) bond motifs is 1. The van der Waals surface area contributed by atoms with Crippen molar-refractivity contribution >= 4 is 22.7 Å². The molecule has 0 fully saturated rings. The van der Waals surface area contributed by atoms with Gasteiger partial charge in [-0.25, -0.2) is 4.79 Å². The fourth-order valence-electron chi connectivity index (χ4n) is 2.35. The standard InChI is InChI=1S/C19H19NO2S/c1-20(2)10-11-23-16-9-8-15-12-17(14-6-4-3-5-7-14)19(21)22-18(15)13-16/h3-9,12-13H,10-11H2,1-2H3. The topological polar surface area (TPSA) is 33.5 Å². The lowest BCUT2D eigenvalue weighted by Crippen LogP contribution is -2.14. The molecule has 0 N–H and O–H groups in total. The molecule has 3 aromatic rings. The van der Waals surface area contributed by atoms with Crippen molar-refractivity contribution in [1.29, 1.82) is 0 Å². The van der Waals surface area contributed by atoms with Gasteiger partial charge in [-0.05, 0) is 37.9 Å². The largest absolute Gasteiger partial charge is 0.422 e. The maximum atomic E-state index is 12.3. The lowest BCUT2D eigenvalue weighted by atomic mass is 10.1. The molecule has 118 valence electrons. The highest BCUT2D eigenvalue weighted by molar-refractivity contribution is 7.99. The molecule has 23 heavy (non-hydrogen) atoms. The Morgan fingerprint density at radius 2 is 1.83 bits per heavy atom. The van der Waals surface area contributed by atoms with E-state index in [-0.39, 0.29) is 5.63 Å². The summed E-state index contributed by atoms with van der Waals surface area (Å²) >= 11 is 1.77. The van der Waals surface area contributed by atoms with Crippen molar-refractivity contribution in [3.63, 3.8) is 0 Å². The normalized spacial score (nSPS) is 11.3. The van der Waals surface area contributed by atoms with Crippen LogP contribution in [0.3, 0.4) is 0 Å². The average molecular weight is 325 g/mol. The second-order valence-electron chi connectivity index (χ2n) is 5.66. The average Bonchev–Trinajstić information content (AvgIpc) is 2.54. The molecule has 0 saturated carbocycles. The van der Waals surface area contributed by atoms with Crippen LogP contribution in [-0.4, -0.2) is 31.3 Å². The minimum absolute atomic E-state index is 0.292. The van der Waals surface area contributed by atoms with Gasteiger partial charge in [0.25, 0.3) is 0 Å². The van der Waals surface area contributed by atoms with Gasteiger partial charge in [0.15, 0.2) is 0 Å². The Bertz CT molecular complexity index is 856. The van der Waals surface area contributed by atoms with Crippen LogP contribution in [0.15, 0.2) is 68.7 Å². The van der Waals surface area contributed by atoms with Crippen LogP contribution < -0.4 is 5.63 Å². The third kappa shape index (κ3) is 3.84. The lowest BCUT2D eigenvalue weighted by molar-refractivity contribution is 0.437. The van der Waals surface area contributed by atoms with Crippen molar-refractivity contribution in [2.75, 3.05) is 26.4 Å². The Balaban J connectivity index is 1.92. The molecule has 0 bridgehead atoms. The SMILES string of the molecule is CN(C)CCSc1ccc2cc(-c3ccccc3)c(=O)oc2c1. The zero-order valence-corrected chi connectivity index (χ0v) is 14.1. The predicted molar refractivity (Wildman–Crippen MR) is 97.2 cm³/mol. The van der Waals surface area contributed by atoms with E-state index in [2.05, 4.69) is 25.1 Å². The highest BCUT2D eigenvalue weighted by Gasteiger charge is 2.08. The zero-order chi connectivity index (χ0) is 16.2. The predicted octanol–water partition coefficient (Wildman–Crippen LogP) is 4.11. The molecule has 1 aromatic heterocycles. The highest BCUT2D eigenvalue weighted by atomic mass is 32.2. The molecular formula is C19H19NO2S. The summed E-state index contributed by atoms with van der Waals surface area (Å²) in [4.78, 5) is 15.5. The summed E-state index contributed by atoms with van der Waals surface area (Å²) in [5.41, 5.74) is 1.84. The number of benzene rings is 2. The molecule has 0 aliphatic carbocycles. The van der Waals surface area contributed by atoms with Gasteiger partial charge >= 0.3 is 5.63 Å². The maximum absolute atomic E-state index is 12.3. The molecule has 0 aliphatic rings. The van der Waals surface area contributed by atoms with E-state index in [1.807, 2.05) is 48.5 Å². The van der Waals surface area contributed by atoms with Gasteiger partial charge in [0.1, 0.15) is 5.58 Å². The molecule has 0 spiro atoms. The van der Waals surface area contributed by atoms with E-state index in [1.54, 1.807) is 11.8 Å². The molecule has 0 saturated heterocycles. The van der Waals surface area contributed by atoms with Crippen LogP contribution in [0.4, 0.5) is 0 Å². The molecule has 0 aliphatic heterocycles. The first-order valence-corrected chi connectivity index (χ1v) is 8.53. The van der Waals surface area contributed by atoms with Gasteiger partial charge in [0, 0.05) is 22.6 Å². The number of thioether (sulfide) groups is 1. The summed E-state index contributed by atoms with van der Waals surface area (Å²) in [5.74, 6) is 1.00. The molecule has 3 rings (SSSR count). The van der Waals surface area contributed by atoms with E-state index >= 15 is 0 Å². The van der Waals surface area contributed by atoms with E-state index in [4.69, 9.17) is 4.42 Å². The Labute approximate surface area is 139 Å². The summed E-state index contributed by atoms with van der Waals surface area (Å²) in [5, 5.41) is 0.945. The summed E-state index contributed by atoms with van der Waals surface area (Å²) < 4.78 is 5.54. The van der Waals surface area contributed by atoms with Crippen LogP contribution in [0.1, 0.15) is 0 Å². The number of hydrogen-bond acceptors (Lipinski definition) is 4. The minimum atomic E-state index is -0.292. The van der Waals surface area contributed by atoms with E-state index in [0.29, 0.717) is 11.1 Å². The summed E-state index contributed by atoms with van der Waals surface area (Å²) in [7, 11) is 4.12. The third-order valence-electron chi connectivity index (χ3n) is 3.60. The van der Waals surface area contributed by atoms with Crippen LogP contribution in [0, 0.1) is 0 Å². The van der Waals surface area contributed by atoms with Crippen molar-refractivity contribution < 1.29 is 4.42 Å². The highest BCUT2D eigenvalue weighted by Crippen LogP contribution is 2.25. The van der Waals surface area contributed by atoms with Gasteiger partial charge in [0.2, 0.25) is 0 Å². The molecule has 0 amide bonds. The summed E-state index contributed by atoms with van der Waals surface area (Å²) in [6, 6.07) is 17.6. The van der Waals surface area contributed by atoms with Crippen LogP contribution in [0.2, 0.25) is 0 Å². The molecule has 2 aromatic carbocycles. The second kappa shape index (κ2) is 7.02. The van der Waals surface area contributed by atoms with Crippen LogP contribution in [0.25, 0.3) is 22.1 Å². The van der Waals surface area contributed by atoms with E-state index in [0.717, 1.165) is 28.1 Å². The van der Waals surface area contributed by atoms with Crippen LogP contribution >= 0.6 is 11.8 Å². The zero-order valence-electron chi connectivity index (χ0n) is 13.3. The molecular weight excluding hydrogens is 306 g/mol. The summed E-state index contributed by atoms with van der Waals surface area (Å²) in [6.45, 7) is 1.01. The van der Waals surface area contributed by atoms with Crippen LogP contribution in [-0.2, 0) is 0 Å². The molecule has 0 unspecified atom stereocenters. The molecule has 1 heterocycles. The second-order valence-corrected chi connectivity index (χ2v) is 6.83. The third-order valence-corrected chi connectivity index (χ3v) is 4.57. The van der Waals surface area contributed by atoms with Crippen molar-refractivity contribution in [2.45, 2.75) is 4.90 Å².